The highest BCUT2D eigenvalue weighted by Crippen LogP contribution is 2.11. The van der Waals surface area contributed by atoms with Gasteiger partial charge in [-0.05, 0) is 38.2 Å². The normalized spacial score (nSPS) is 13.8. The van der Waals surface area contributed by atoms with E-state index in [0.717, 1.165) is 25.9 Å². The predicted molar refractivity (Wildman–Crippen MR) is 79.4 cm³/mol. The summed E-state index contributed by atoms with van der Waals surface area (Å²) in [6.45, 7) is 3.04. The van der Waals surface area contributed by atoms with Crippen molar-refractivity contribution in [2.24, 2.45) is 5.73 Å². The Hall–Kier alpha value is -1.39. The third-order valence-electron chi connectivity index (χ3n) is 3.23. The van der Waals surface area contributed by atoms with Gasteiger partial charge in [-0.2, -0.15) is 0 Å². The molecule has 0 amide bonds. The van der Waals surface area contributed by atoms with Gasteiger partial charge in [0.25, 0.3) is 0 Å². The number of methoxy groups -OCH3 is 1. The van der Waals surface area contributed by atoms with E-state index in [4.69, 9.17) is 10.5 Å². The minimum absolute atomic E-state index is 0.374. The molecular formula is C16H25NO3. The van der Waals surface area contributed by atoms with E-state index in [1.54, 1.807) is 6.92 Å². The summed E-state index contributed by atoms with van der Waals surface area (Å²) < 4.78 is 10.2. The summed E-state index contributed by atoms with van der Waals surface area (Å²) in [5.74, 6) is -0.374. The van der Waals surface area contributed by atoms with Crippen LogP contribution in [-0.2, 0) is 20.7 Å². The minimum Gasteiger partial charge on any atom is -0.468 e. The molecule has 0 aliphatic heterocycles. The molecule has 0 aliphatic rings. The summed E-state index contributed by atoms with van der Waals surface area (Å²) in [6, 6.07) is 10.4. The lowest BCUT2D eigenvalue weighted by atomic mass is 9.98. The van der Waals surface area contributed by atoms with Crippen LogP contribution in [0.2, 0.25) is 0 Å². The van der Waals surface area contributed by atoms with Crippen molar-refractivity contribution in [2.45, 2.75) is 38.1 Å². The maximum Gasteiger partial charge on any atom is 0.325 e. The summed E-state index contributed by atoms with van der Waals surface area (Å²) in [5, 5.41) is 0. The van der Waals surface area contributed by atoms with Crippen LogP contribution in [0.15, 0.2) is 30.3 Å². The standard InChI is InChI=1S/C16H25NO3/c1-16(17,15(18)19-2)11-7-13-20-12-6-10-14-8-4-3-5-9-14/h3-5,8-9H,6-7,10-13,17H2,1-2H3. The molecule has 0 radical (unpaired) electrons. The van der Waals surface area contributed by atoms with Gasteiger partial charge in [-0.15, -0.1) is 0 Å². The number of carbonyl (C=O) groups excluding carboxylic acids is 1. The maximum atomic E-state index is 11.4. The molecule has 0 aliphatic carbocycles. The molecule has 4 heteroatoms. The minimum atomic E-state index is -0.915. The lowest BCUT2D eigenvalue weighted by molar-refractivity contribution is -0.146. The smallest absolute Gasteiger partial charge is 0.325 e. The first-order chi connectivity index (χ1) is 9.56. The molecule has 0 saturated carbocycles. The molecule has 1 rings (SSSR count). The van der Waals surface area contributed by atoms with Crippen LogP contribution in [-0.4, -0.2) is 31.8 Å². The van der Waals surface area contributed by atoms with Gasteiger partial charge in [0.1, 0.15) is 5.54 Å². The van der Waals surface area contributed by atoms with Crippen LogP contribution in [0.1, 0.15) is 31.7 Å². The molecule has 1 atom stereocenters. The van der Waals surface area contributed by atoms with Gasteiger partial charge < -0.3 is 15.2 Å². The van der Waals surface area contributed by atoms with Crippen LogP contribution in [0.5, 0.6) is 0 Å². The van der Waals surface area contributed by atoms with E-state index >= 15 is 0 Å². The fraction of sp³-hybridized carbons (Fsp3) is 0.562. The molecular weight excluding hydrogens is 254 g/mol. The molecule has 0 fully saturated rings. The zero-order valence-electron chi connectivity index (χ0n) is 12.4. The van der Waals surface area contributed by atoms with Gasteiger partial charge in [-0.1, -0.05) is 30.3 Å². The van der Waals surface area contributed by atoms with Crippen molar-refractivity contribution < 1.29 is 14.3 Å². The first-order valence-electron chi connectivity index (χ1n) is 7.05. The van der Waals surface area contributed by atoms with E-state index in [1.807, 2.05) is 18.2 Å². The maximum absolute atomic E-state index is 11.4. The number of nitrogens with two attached hydrogens (primary N) is 1. The average Bonchev–Trinajstić information content (AvgIpc) is 2.46. The molecule has 112 valence electrons. The Kier molecular flexibility index (Phi) is 7.26. The van der Waals surface area contributed by atoms with Crippen LogP contribution >= 0.6 is 0 Å². The van der Waals surface area contributed by atoms with Crippen molar-refractivity contribution in [3.63, 3.8) is 0 Å². The van der Waals surface area contributed by atoms with Gasteiger partial charge in [0, 0.05) is 13.2 Å². The molecule has 1 unspecified atom stereocenters. The summed E-state index contributed by atoms with van der Waals surface area (Å²) in [7, 11) is 1.35. The highest BCUT2D eigenvalue weighted by Gasteiger charge is 2.28. The summed E-state index contributed by atoms with van der Waals surface area (Å²) in [4.78, 5) is 11.4. The van der Waals surface area contributed by atoms with E-state index in [1.165, 1.54) is 12.7 Å². The lowest BCUT2D eigenvalue weighted by Gasteiger charge is -2.20. The highest BCUT2D eigenvalue weighted by atomic mass is 16.5. The van der Waals surface area contributed by atoms with Crippen molar-refractivity contribution in [1.29, 1.82) is 0 Å². The van der Waals surface area contributed by atoms with Gasteiger partial charge in [0.15, 0.2) is 0 Å². The second-order valence-electron chi connectivity index (χ2n) is 5.21. The van der Waals surface area contributed by atoms with E-state index in [-0.39, 0.29) is 5.97 Å². The molecule has 1 aromatic rings. The molecule has 0 spiro atoms. The second kappa shape index (κ2) is 8.72. The molecule has 0 bridgehead atoms. The average molecular weight is 279 g/mol. The number of carbonyl (C=O) groups is 1. The number of aryl methyl sites for hydroxylation is 1. The van der Waals surface area contributed by atoms with E-state index in [0.29, 0.717) is 13.0 Å². The van der Waals surface area contributed by atoms with Crippen molar-refractivity contribution in [1.82, 2.24) is 0 Å². The number of esters is 1. The Labute approximate surface area is 121 Å². The van der Waals surface area contributed by atoms with Crippen molar-refractivity contribution in [3.05, 3.63) is 35.9 Å². The number of rotatable bonds is 9. The van der Waals surface area contributed by atoms with E-state index < -0.39 is 5.54 Å². The van der Waals surface area contributed by atoms with Gasteiger partial charge >= 0.3 is 5.97 Å². The quantitative estimate of drug-likeness (QED) is 0.556. The lowest BCUT2D eigenvalue weighted by Crippen LogP contribution is -2.45. The largest absolute Gasteiger partial charge is 0.468 e. The Morgan fingerprint density at radius 3 is 2.50 bits per heavy atom. The third-order valence-corrected chi connectivity index (χ3v) is 3.23. The number of ether oxygens (including phenoxy) is 2. The first kappa shape index (κ1) is 16.7. The van der Waals surface area contributed by atoms with Gasteiger partial charge in [-0.25, -0.2) is 0 Å². The molecule has 0 aromatic heterocycles. The number of hydrogen-bond donors (Lipinski definition) is 1. The summed E-state index contributed by atoms with van der Waals surface area (Å²) in [6.07, 6.45) is 3.35. The SMILES string of the molecule is COC(=O)C(C)(N)CCCOCCCc1ccccc1. The van der Waals surface area contributed by atoms with E-state index in [9.17, 15) is 4.79 Å². The Morgan fingerprint density at radius 2 is 1.85 bits per heavy atom. The fourth-order valence-electron chi connectivity index (χ4n) is 2.00. The molecule has 20 heavy (non-hydrogen) atoms. The van der Waals surface area contributed by atoms with Crippen molar-refractivity contribution in [3.8, 4) is 0 Å². The van der Waals surface area contributed by atoms with Crippen LogP contribution in [0.3, 0.4) is 0 Å². The monoisotopic (exact) mass is 279 g/mol. The second-order valence-corrected chi connectivity index (χ2v) is 5.21. The summed E-state index contributed by atoms with van der Waals surface area (Å²) in [5.41, 5.74) is 6.27. The Morgan fingerprint density at radius 1 is 1.20 bits per heavy atom. The summed E-state index contributed by atoms with van der Waals surface area (Å²) >= 11 is 0. The topological polar surface area (TPSA) is 61.5 Å². The third kappa shape index (κ3) is 6.17. The molecule has 2 N–H and O–H groups in total. The zero-order valence-corrected chi connectivity index (χ0v) is 12.4. The van der Waals surface area contributed by atoms with Crippen molar-refractivity contribution in [2.75, 3.05) is 20.3 Å². The van der Waals surface area contributed by atoms with Crippen molar-refractivity contribution >= 4 is 5.97 Å². The van der Waals surface area contributed by atoms with E-state index in [2.05, 4.69) is 16.9 Å². The fourth-order valence-corrected chi connectivity index (χ4v) is 2.00. The van der Waals surface area contributed by atoms with Crippen LogP contribution in [0, 0.1) is 0 Å². The first-order valence-corrected chi connectivity index (χ1v) is 7.05. The van der Waals surface area contributed by atoms with Crippen LogP contribution in [0.4, 0.5) is 0 Å². The van der Waals surface area contributed by atoms with Gasteiger partial charge in [0.2, 0.25) is 0 Å². The van der Waals surface area contributed by atoms with Gasteiger partial charge in [-0.3, -0.25) is 4.79 Å². The Bertz CT molecular complexity index is 390. The molecule has 0 heterocycles. The molecule has 0 saturated heterocycles. The predicted octanol–water partition coefficient (Wildman–Crippen LogP) is 2.31. The van der Waals surface area contributed by atoms with Gasteiger partial charge in [0.05, 0.1) is 7.11 Å². The van der Waals surface area contributed by atoms with Crippen LogP contribution in [0.25, 0.3) is 0 Å². The molecule has 1 aromatic carbocycles. The number of benzene rings is 1. The van der Waals surface area contributed by atoms with Crippen LogP contribution < -0.4 is 5.73 Å². The zero-order chi connectivity index (χ0) is 14.8. The molecule has 4 nitrogen and oxygen atoms in total. The number of hydrogen-bond acceptors (Lipinski definition) is 4. The highest BCUT2D eigenvalue weighted by molar-refractivity contribution is 5.79. The Balaban J connectivity index is 2.04.